The van der Waals surface area contributed by atoms with Crippen LogP contribution >= 0.6 is 7.82 Å². The Labute approximate surface area is 218 Å². The third kappa shape index (κ3) is 7.95. The Balaban J connectivity index is 2.15. The van der Waals surface area contributed by atoms with E-state index in [9.17, 15) is 24.1 Å². The predicted molar refractivity (Wildman–Crippen MR) is 133 cm³/mol. The van der Waals surface area contributed by atoms with Crippen molar-refractivity contribution in [2.24, 2.45) is 0 Å². The van der Waals surface area contributed by atoms with E-state index in [1.54, 1.807) is 36.4 Å². The molecule has 2 aromatic carbocycles. The number of phosphoric acid groups is 1. The first-order valence-electron chi connectivity index (χ1n) is 11.0. The van der Waals surface area contributed by atoms with Crippen molar-refractivity contribution in [1.82, 2.24) is 15.7 Å². The van der Waals surface area contributed by atoms with Crippen molar-refractivity contribution in [2.75, 3.05) is 27.5 Å². The molecule has 0 aliphatic carbocycles. The van der Waals surface area contributed by atoms with Crippen molar-refractivity contribution in [3.05, 3.63) is 70.8 Å². The summed E-state index contributed by atoms with van der Waals surface area (Å²) in [6.07, 6.45) is -0.967. The van der Waals surface area contributed by atoms with Crippen molar-refractivity contribution in [3.8, 4) is 11.8 Å². The number of hydrogen-bond donors (Lipinski definition) is 6. The number of likely N-dealkylation sites (N-methyl/N-ethyl adjacent to an activating group) is 2. The van der Waals surface area contributed by atoms with Crippen LogP contribution in [0.1, 0.15) is 40.1 Å². The fourth-order valence-corrected chi connectivity index (χ4v) is 3.26. The minimum atomic E-state index is -4.85. The van der Waals surface area contributed by atoms with Crippen molar-refractivity contribution < 1.29 is 48.3 Å². The SMILES string of the molecule is CNC(=O)[C@@](C)(C(=O)NOCOP(=O)(O)O)N(C)C(=O)c1ccc(C#Cc2ccc([C@H](O)CO)cc2)cc1. The number of nitrogens with one attached hydrogen (secondary N) is 2. The molecule has 3 amide bonds. The van der Waals surface area contributed by atoms with Crippen LogP contribution in [-0.4, -0.2) is 75.7 Å². The highest BCUT2D eigenvalue weighted by Crippen LogP contribution is 2.35. The van der Waals surface area contributed by atoms with Crippen LogP contribution in [0.4, 0.5) is 0 Å². The van der Waals surface area contributed by atoms with Crippen LogP contribution in [-0.2, 0) is 23.5 Å². The topological polar surface area (TPSA) is 195 Å². The van der Waals surface area contributed by atoms with Crippen LogP contribution in [0.25, 0.3) is 0 Å². The molecule has 0 aliphatic heterocycles. The molecule has 14 heteroatoms. The number of hydroxylamine groups is 1. The number of phosphoric ester groups is 1. The number of nitrogens with zero attached hydrogens (tertiary/aromatic N) is 1. The smallest absolute Gasteiger partial charge is 0.393 e. The van der Waals surface area contributed by atoms with E-state index >= 15 is 0 Å². The molecule has 0 bridgehead atoms. The highest BCUT2D eigenvalue weighted by molar-refractivity contribution is 7.46. The van der Waals surface area contributed by atoms with Gasteiger partial charge in [-0.25, -0.2) is 14.9 Å². The summed E-state index contributed by atoms with van der Waals surface area (Å²) in [6, 6.07) is 12.8. The molecule has 0 fully saturated rings. The summed E-state index contributed by atoms with van der Waals surface area (Å²) in [5.41, 5.74) is 1.69. The fourth-order valence-electron chi connectivity index (χ4n) is 3.07. The fraction of sp³-hybridized carbons (Fsp3) is 0.292. The molecule has 2 atom stereocenters. The molecule has 0 aromatic heterocycles. The second-order valence-electron chi connectivity index (χ2n) is 7.98. The van der Waals surface area contributed by atoms with E-state index in [-0.39, 0.29) is 12.2 Å². The normalized spacial score (nSPS) is 13.3. The van der Waals surface area contributed by atoms with Crippen molar-refractivity contribution in [3.63, 3.8) is 0 Å². The van der Waals surface area contributed by atoms with Crippen LogP contribution in [0.15, 0.2) is 48.5 Å². The van der Waals surface area contributed by atoms with E-state index in [4.69, 9.17) is 14.9 Å². The maximum Gasteiger partial charge on any atom is 0.471 e. The minimum Gasteiger partial charge on any atom is -0.393 e. The Bertz CT molecular complexity index is 1250. The van der Waals surface area contributed by atoms with Gasteiger partial charge in [-0.3, -0.25) is 18.9 Å². The molecule has 0 aliphatic rings. The zero-order chi connectivity index (χ0) is 28.5. The van der Waals surface area contributed by atoms with Crippen LogP contribution < -0.4 is 10.8 Å². The van der Waals surface area contributed by atoms with E-state index in [1.807, 2.05) is 5.48 Å². The first-order chi connectivity index (χ1) is 17.8. The third-order valence-corrected chi connectivity index (χ3v) is 5.92. The highest BCUT2D eigenvalue weighted by Gasteiger charge is 2.47. The van der Waals surface area contributed by atoms with Crippen LogP contribution in [0.5, 0.6) is 0 Å². The van der Waals surface area contributed by atoms with Gasteiger partial charge in [-0.15, -0.1) is 0 Å². The number of benzene rings is 2. The molecule has 13 nitrogen and oxygen atoms in total. The van der Waals surface area contributed by atoms with Crippen molar-refractivity contribution in [1.29, 1.82) is 0 Å². The molecule has 0 spiro atoms. The second-order valence-corrected chi connectivity index (χ2v) is 9.22. The van der Waals surface area contributed by atoms with Crippen LogP contribution in [0.2, 0.25) is 0 Å². The number of rotatable bonds is 10. The second kappa shape index (κ2) is 13.3. The Hall–Kier alpha value is -3.60. The first-order valence-corrected chi connectivity index (χ1v) is 12.5. The largest absolute Gasteiger partial charge is 0.471 e. The molecule has 0 heterocycles. The zero-order valence-corrected chi connectivity index (χ0v) is 21.6. The highest BCUT2D eigenvalue weighted by atomic mass is 31.2. The lowest BCUT2D eigenvalue weighted by molar-refractivity contribution is -0.156. The number of hydrogen-bond acceptors (Lipinski definition) is 8. The monoisotopic (exact) mass is 549 g/mol. The van der Waals surface area contributed by atoms with Gasteiger partial charge >= 0.3 is 7.82 Å². The van der Waals surface area contributed by atoms with Crippen LogP contribution in [0.3, 0.4) is 0 Å². The molecule has 2 aromatic rings. The lowest BCUT2D eigenvalue weighted by atomic mass is 9.96. The van der Waals surface area contributed by atoms with E-state index in [0.29, 0.717) is 16.7 Å². The summed E-state index contributed by atoms with van der Waals surface area (Å²) in [5.74, 6) is 3.24. The summed E-state index contributed by atoms with van der Waals surface area (Å²) in [6.45, 7) is -0.230. The van der Waals surface area contributed by atoms with Gasteiger partial charge in [0.15, 0.2) is 12.3 Å². The average molecular weight is 549 g/mol. The van der Waals surface area contributed by atoms with Crippen LogP contribution in [0, 0.1) is 11.8 Å². The standard InChI is InChI=1S/C24H28N3O10P/c1-24(22(31)25-2,23(32)26-36-15-37-38(33,34)35)27(3)21(30)19-12-8-17(9-13-19)5-4-16-6-10-18(11-7-16)20(29)14-28/h6-13,20,28-29H,14-15H2,1-3H3,(H,25,31)(H,26,32)(H2,33,34,35)/t20-,24+/m1/s1. The summed E-state index contributed by atoms with van der Waals surface area (Å²) >= 11 is 0. The van der Waals surface area contributed by atoms with Gasteiger partial charge in [-0.05, 0) is 48.9 Å². The maximum absolute atomic E-state index is 13.1. The first kappa shape index (κ1) is 30.6. The molecule has 0 radical (unpaired) electrons. The Morgan fingerprint density at radius 3 is 2.03 bits per heavy atom. The van der Waals surface area contributed by atoms with Gasteiger partial charge in [0.05, 0.1) is 6.61 Å². The molecule has 204 valence electrons. The number of aliphatic hydroxyl groups excluding tert-OH is 2. The van der Waals surface area contributed by atoms with Gasteiger partial charge in [0.25, 0.3) is 17.7 Å². The minimum absolute atomic E-state index is 0.147. The van der Waals surface area contributed by atoms with Gasteiger partial charge in [0.1, 0.15) is 6.10 Å². The van der Waals surface area contributed by atoms with E-state index in [2.05, 4.69) is 26.5 Å². The van der Waals surface area contributed by atoms with Crippen molar-refractivity contribution >= 4 is 25.5 Å². The van der Waals surface area contributed by atoms with Gasteiger partial charge in [-0.2, -0.15) is 0 Å². The molecule has 0 saturated heterocycles. The van der Waals surface area contributed by atoms with E-state index < -0.39 is 44.0 Å². The van der Waals surface area contributed by atoms with Gasteiger partial charge in [0.2, 0.25) is 0 Å². The summed E-state index contributed by atoms with van der Waals surface area (Å²) in [7, 11) is -2.35. The Kier molecular flexibility index (Phi) is 10.7. The Morgan fingerprint density at radius 1 is 1.03 bits per heavy atom. The number of carbonyl (C=O) groups is 3. The zero-order valence-electron chi connectivity index (χ0n) is 20.7. The van der Waals surface area contributed by atoms with Gasteiger partial charge < -0.3 is 30.2 Å². The quantitative estimate of drug-likeness (QED) is 0.0577. The predicted octanol–water partition coefficient (Wildman–Crippen LogP) is -0.197. The molecule has 0 unspecified atom stereocenters. The van der Waals surface area contributed by atoms with Gasteiger partial charge in [0, 0.05) is 30.8 Å². The summed E-state index contributed by atoms with van der Waals surface area (Å²) < 4.78 is 14.8. The number of amides is 3. The molecule has 6 N–H and O–H groups in total. The molecule has 0 saturated carbocycles. The van der Waals surface area contributed by atoms with Gasteiger partial charge in [-0.1, -0.05) is 24.0 Å². The molecule has 2 rings (SSSR count). The molecular weight excluding hydrogens is 521 g/mol. The molecular formula is C24H28N3O10P. The van der Waals surface area contributed by atoms with Crippen molar-refractivity contribution in [2.45, 2.75) is 18.6 Å². The number of aliphatic hydroxyl groups is 2. The van der Waals surface area contributed by atoms with E-state index in [1.165, 1.54) is 26.2 Å². The van der Waals surface area contributed by atoms with E-state index in [0.717, 1.165) is 11.8 Å². The number of carbonyl (C=O) groups excluding carboxylic acids is 3. The lowest BCUT2D eigenvalue weighted by Gasteiger charge is -2.35. The molecule has 38 heavy (non-hydrogen) atoms. The summed E-state index contributed by atoms with van der Waals surface area (Å²) in [5, 5.41) is 20.9. The third-order valence-electron chi connectivity index (χ3n) is 5.48. The Morgan fingerprint density at radius 2 is 1.55 bits per heavy atom. The summed E-state index contributed by atoms with van der Waals surface area (Å²) in [4.78, 5) is 61.2. The lowest BCUT2D eigenvalue weighted by Crippen LogP contribution is -2.64. The maximum atomic E-state index is 13.1. The average Bonchev–Trinajstić information content (AvgIpc) is 2.91.